The van der Waals surface area contributed by atoms with Gasteiger partial charge in [-0.15, -0.1) is 11.8 Å². The van der Waals surface area contributed by atoms with Crippen LogP contribution in [0.3, 0.4) is 0 Å². The number of amides is 1. The molecule has 1 N–H and O–H groups in total. The Labute approximate surface area is 130 Å². The number of piperazine rings is 1. The zero-order chi connectivity index (χ0) is 14.5. The van der Waals surface area contributed by atoms with Gasteiger partial charge in [-0.2, -0.15) is 0 Å². The highest BCUT2D eigenvalue weighted by Gasteiger charge is 2.27. The summed E-state index contributed by atoms with van der Waals surface area (Å²) in [6.07, 6.45) is 0. The molecule has 0 aliphatic carbocycles. The van der Waals surface area contributed by atoms with Gasteiger partial charge in [0.05, 0.1) is 5.75 Å². The van der Waals surface area contributed by atoms with E-state index in [-0.39, 0.29) is 11.9 Å². The number of nitrogens with one attached hydrogen (secondary N) is 1. The SMILES string of the molecule is CC1NCCN(C(=O)CSCc2cccc(Cl)c2)C1C. The maximum Gasteiger partial charge on any atom is 0.232 e. The molecule has 0 spiro atoms. The van der Waals surface area contributed by atoms with Gasteiger partial charge < -0.3 is 10.2 Å². The average Bonchev–Trinajstić information content (AvgIpc) is 2.42. The molecule has 1 aliphatic heterocycles. The minimum Gasteiger partial charge on any atom is -0.336 e. The van der Waals surface area contributed by atoms with Crippen molar-refractivity contribution in [1.82, 2.24) is 10.2 Å². The first kappa shape index (κ1) is 15.7. The van der Waals surface area contributed by atoms with Crippen LogP contribution in [0.1, 0.15) is 19.4 Å². The second-order valence-corrected chi connectivity index (χ2v) is 6.62. The fraction of sp³-hybridized carbons (Fsp3) is 0.533. The van der Waals surface area contributed by atoms with Crippen LogP contribution < -0.4 is 5.32 Å². The number of carbonyl (C=O) groups is 1. The van der Waals surface area contributed by atoms with E-state index in [2.05, 4.69) is 19.2 Å². The summed E-state index contributed by atoms with van der Waals surface area (Å²) in [5.74, 6) is 1.59. The van der Waals surface area contributed by atoms with E-state index >= 15 is 0 Å². The number of benzene rings is 1. The minimum atomic E-state index is 0.234. The van der Waals surface area contributed by atoms with E-state index in [4.69, 9.17) is 11.6 Å². The van der Waals surface area contributed by atoms with E-state index in [0.717, 1.165) is 29.4 Å². The molecule has 1 amide bonds. The highest BCUT2D eigenvalue weighted by Crippen LogP contribution is 2.18. The Morgan fingerprint density at radius 1 is 1.50 bits per heavy atom. The zero-order valence-electron chi connectivity index (χ0n) is 11.9. The molecular weight excluding hydrogens is 292 g/mol. The van der Waals surface area contributed by atoms with Gasteiger partial charge in [0.2, 0.25) is 5.91 Å². The smallest absolute Gasteiger partial charge is 0.232 e. The number of hydrogen-bond donors (Lipinski definition) is 1. The standard InChI is InChI=1S/C15H21ClN2OS/c1-11-12(2)18(7-6-17-11)15(19)10-20-9-13-4-3-5-14(16)8-13/h3-5,8,11-12,17H,6-7,9-10H2,1-2H3. The van der Waals surface area contributed by atoms with Gasteiger partial charge >= 0.3 is 0 Å². The topological polar surface area (TPSA) is 32.3 Å². The molecule has 0 bridgehead atoms. The third-order valence-electron chi connectivity index (χ3n) is 3.74. The molecule has 5 heteroatoms. The van der Waals surface area contributed by atoms with Gasteiger partial charge in [-0.25, -0.2) is 0 Å². The zero-order valence-corrected chi connectivity index (χ0v) is 13.5. The number of rotatable bonds is 4. The lowest BCUT2D eigenvalue weighted by Gasteiger charge is -2.38. The highest BCUT2D eigenvalue weighted by molar-refractivity contribution is 7.99. The van der Waals surface area contributed by atoms with E-state index < -0.39 is 0 Å². The van der Waals surface area contributed by atoms with Crippen molar-refractivity contribution in [3.63, 3.8) is 0 Å². The normalized spacial score (nSPS) is 22.9. The maximum absolute atomic E-state index is 12.3. The average molecular weight is 313 g/mol. The quantitative estimate of drug-likeness (QED) is 0.928. The first-order valence-electron chi connectivity index (χ1n) is 6.93. The van der Waals surface area contributed by atoms with Gasteiger partial charge in [-0.3, -0.25) is 4.79 Å². The molecule has 1 aliphatic rings. The van der Waals surface area contributed by atoms with Gasteiger partial charge in [-0.05, 0) is 31.5 Å². The molecule has 2 unspecified atom stereocenters. The van der Waals surface area contributed by atoms with Crippen LogP contribution in [0.5, 0.6) is 0 Å². The summed E-state index contributed by atoms with van der Waals surface area (Å²) in [4.78, 5) is 14.3. The van der Waals surface area contributed by atoms with Crippen molar-refractivity contribution in [3.8, 4) is 0 Å². The summed E-state index contributed by atoms with van der Waals surface area (Å²) in [7, 11) is 0. The molecule has 0 aromatic heterocycles. The van der Waals surface area contributed by atoms with Crippen molar-refractivity contribution in [1.29, 1.82) is 0 Å². The van der Waals surface area contributed by atoms with Crippen molar-refractivity contribution >= 4 is 29.3 Å². The number of nitrogens with zero attached hydrogens (tertiary/aromatic N) is 1. The van der Waals surface area contributed by atoms with E-state index in [0.29, 0.717) is 11.8 Å². The van der Waals surface area contributed by atoms with Gasteiger partial charge in [0, 0.05) is 35.9 Å². The minimum absolute atomic E-state index is 0.234. The van der Waals surface area contributed by atoms with Gasteiger partial charge in [-0.1, -0.05) is 23.7 Å². The monoisotopic (exact) mass is 312 g/mol. The van der Waals surface area contributed by atoms with Crippen LogP contribution in [0, 0.1) is 0 Å². The van der Waals surface area contributed by atoms with Crippen LogP contribution in [0.15, 0.2) is 24.3 Å². The van der Waals surface area contributed by atoms with Crippen molar-refractivity contribution in [3.05, 3.63) is 34.9 Å². The molecule has 0 radical (unpaired) electrons. The van der Waals surface area contributed by atoms with E-state index in [1.165, 1.54) is 0 Å². The summed E-state index contributed by atoms with van der Waals surface area (Å²) in [5, 5.41) is 4.14. The number of thioether (sulfide) groups is 1. The summed E-state index contributed by atoms with van der Waals surface area (Å²) < 4.78 is 0. The fourth-order valence-electron chi connectivity index (χ4n) is 2.37. The van der Waals surface area contributed by atoms with Crippen molar-refractivity contribution in [2.24, 2.45) is 0 Å². The molecular formula is C15H21ClN2OS. The van der Waals surface area contributed by atoms with Crippen LogP contribution in [0.4, 0.5) is 0 Å². The molecule has 2 atom stereocenters. The molecule has 1 fully saturated rings. The van der Waals surface area contributed by atoms with Crippen LogP contribution >= 0.6 is 23.4 Å². The Hall–Kier alpha value is -0.710. The Morgan fingerprint density at radius 2 is 2.30 bits per heavy atom. The number of carbonyl (C=O) groups excluding carboxylic acids is 1. The van der Waals surface area contributed by atoms with Crippen LogP contribution in [0.25, 0.3) is 0 Å². The first-order chi connectivity index (χ1) is 9.58. The number of halogens is 1. The number of hydrogen-bond acceptors (Lipinski definition) is 3. The molecule has 1 aromatic carbocycles. The third kappa shape index (κ3) is 4.14. The molecule has 1 aromatic rings. The Balaban J connectivity index is 1.80. The molecule has 20 heavy (non-hydrogen) atoms. The lowest BCUT2D eigenvalue weighted by molar-refractivity contribution is -0.131. The molecule has 0 saturated carbocycles. The molecule has 2 rings (SSSR count). The lowest BCUT2D eigenvalue weighted by atomic mass is 10.1. The van der Waals surface area contributed by atoms with Crippen LogP contribution in [0.2, 0.25) is 5.02 Å². The molecule has 110 valence electrons. The largest absolute Gasteiger partial charge is 0.336 e. The maximum atomic E-state index is 12.3. The van der Waals surface area contributed by atoms with E-state index in [1.54, 1.807) is 11.8 Å². The highest BCUT2D eigenvalue weighted by atomic mass is 35.5. The molecule has 3 nitrogen and oxygen atoms in total. The van der Waals surface area contributed by atoms with Gasteiger partial charge in [0.25, 0.3) is 0 Å². The third-order valence-corrected chi connectivity index (χ3v) is 4.96. The first-order valence-corrected chi connectivity index (χ1v) is 8.46. The van der Waals surface area contributed by atoms with E-state index in [9.17, 15) is 4.79 Å². The van der Waals surface area contributed by atoms with Crippen molar-refractivity contribution < 1.29 is 4.79 Å². The summed E-state index contributed by atoms with van der Waals surface area (Å²) in [6.45, 7) is 5.93. The van der Waals surface area contributed by atoms with Crippen molar-refractivity contribution in [2.75, 3.05) is 18.8 Å². The van der Waals surface area contributed by atoms with Gasteiger partial charge in [0.15, 0.2) is 0 Å². The van der Waals surface area contributed by atoms with Crippen molar-refractivity contribution in [2.45, 2.75) is 31.7 Å². The Kier molecular flexibility index (Phi) is 5.75. The predicted molar refractivity (Wildman–Crippen MR) is 86.3 cm³/mol. The van der Waals surface area contributed by atoms with Gasteiger partial charge in [0.1, 0.15) is 0 Å². The summed E-state index contributed by atoms with van der Waals surface area (Å²) in [6, 6.07) is 8.44. The Morgan fingerprint density at radius 3 is 3.05 bits per heavy atom. The van der Waals surface area contributed by atoms with Crippen LogP contribution in [-0.4, -0.2) is 41.7 Å². The second-order valence-electron chi connectivity index (χ2n) is 5.19. The Bertz CT molecular complexity index is 469. The summed E-state index contributed by atoms with van der Waals surface area (Å²) >= 11 is 7.60. The second kappa shape index (κ2) is 7.34. The van der Waals surface area contributed by atoms with E-state index in [1.807, 2.05) is 29.2 Å². The summed E-state index contributed by atoms with van der Waals surface area (Å²) in [5.41, 5.74) is 1.16. The van der Waals surface area contributed by atoms with Crippen LogP contribution in [-0.2, 0) is 10.5 Å². The lowest BCUT2D eigenvalue weighted by Crippen LogP contribution is -2.57. The fourth-order valence-corrected chi connectivity index (χ4v) is 3.45. The predicted octanol–water partition coefficient (Wildman–Crippen LogP) is 2.78. The molecule has 1 saturated heterocycles. The molecule has 1 heterocycles.